The van der Waals surface area contributed by atoms with E-state index < -0.39 is 0 Å². The Labute approximate surface area is 86.1 Å². The Balaban J connectivity index is 2.34. The first-order valence-corrected chi connectivity index (χ1v) is 5.51. The molecule has 0 spiro atoms. The minimum Gasteiger partial charge on any atom is -0.303 e. The molecule has 0 bridgehead atoms. The molecule has 80 valence electrons. The average molecular weight is 196 g/mol. The fourth-order valence-corrected chi connectivity index (χ4v) is 2.13. The monoisotopic (exact) mass is 196 g/mol. The zero-order valence-electron chi connectivity index (χ0n) is 9.21. The van der Waals surface area contributed by atoms with Crippen LogP contribution < -0.4 is 0 Å². The van der Waals surface area contributed by atoms with Crippen molar-refractivity contribution in [3.8, 4) is 0 Å². The third-order valence-corrected chi connectivity index (χ3v) is 3.30. The second kappa shape index (κ2) is 4.72. The van der Waals surface area contributed by atoms with E-state index in [1.807, 2.05) is 0 Å². The summed E-state index contributed by atoms with van der Waals surface area (Å²) in [5.41, 5.74) is 0.418. The van der Waals surface area contributed by atoms with Gasteiger partial charge >= 0.3 is 0 Å². The predicted molar refractivity (Wildman–Crippen MR) is 56.0 cm³/mol. The summed E-state index contributed by atoms with van der Waals surface area (Å²) in [5, 5.41) is 0. The van der Waals surface area contributed by atoms with Crippen LogP contribution in [0, 0.1) is 11.3 Å². The number of hydrogen-bond acceptors (Lipinski definition) is 2. The number of carbonyl (C=O) groups is 2. The number of Topliss-reactive ketones (excluding diaryl/α,β-unsaturated/α-hetero) is 1. The summed E-state index contributed by atoms with van der Waals surface area (Å²) in [7, 11) is 0. The molecule has 0 aromatic heterocycles. The van der Waals surface area contributed by atoms with E-state index in [1.165, 1.54) is 0 Å². The third kappa shape index (κ3) is 3.24. The molecule has 0 saturated heterocycles. The Morgan fingerprint density at radius 2 is 1.93 bits per heavy atom. The van der Waals surface area contributed by atoms with Crippen molar-refractivity contribution in [1.82, 2.24) is 0 Å². The van der Waals surface area contributed by atoms with Crippen LogP contribution in [0.15, 0.2) is 0 Å². The van der Waals surface area contributed by atoms with Gasteiger partial charge in [0.1, 0.15) is 12.1 Å². The summed E-state index contributed by atoms with van der Waals surface area (Å²) in [4.78, 5) is 21.8. The highest BCUT2D eigenvalue weighted by Gasteiger charge is 2.29. The molecule has 1 saturated carbocycles. The second-order valence-corrected chi connectivity index (χ2v) is 5.11. The van der Waals surface area contributed by atoms with E-state index in [4.69, 9.17) is 0 Å². The lowest BCUT2D eigenvalue weighted by molar-refractivity contribution is -0.125. The molecule has 0 heterocycles. The summed E-state index contributed by atoms with van der Waals surface area (Å²) in [6, 6.07) is 0. The Morgan fingerprint density at radius 3 is 2.43 bits per heavy atom. The van der Waals surface area contributed by atoms with Crippen LogP contribution in [0.2, 0.25) is 0 Å². The molecule has 0 atom stereocenters. The minimum atomic E-state index is 0.239. The van der Waals surface area contributed by atoms with Gasteiger partial charge in [0.25, 0.3) is 0 Å². The Hall–Kier alpha value is -0.660. The van der Waals surface area contributed by atoms with Crippen LogP contribution in [0.3, 0.4) is 0 Å². The van der Waals surface area contributed by atoms with Crippen LogP contribution in [0.1, 0.15) is 52.4 Å². The molecular formula is C12H20O2. The van der Waals surface area contributed by atoms with E-state index in [-0.39, 0.29) is 5.92 Å². The maximum Gasteiger partial charge on any atom is 0.136 e. The van der Waals surface area contributed by atoms with Gasteiger partial charge < -0.3 is 4.79 Å². The maximum absolute atomic E-state index is 11.6. The summed E-state index contributed by atoms with van der Waals surface area (Å²) in [5.74, 6) is 0.538. The van der Waals surface area contributed by atoms with Crippen molar-refractivity contribution < 1.29 is 9.59 Å². The largest absolute Gasteiger partial charge is 0.303 e. The molecule has 14 heavy (non-hydrogen) atoms. The van der Waals surface area contributed by atoms with Gasteiger partial charge in [-0.15, -0.1) is 0 Å². The zero-order valence-corrected chi connectivity index (χ0v) is 9.21. The van der Waals surface area contributed by atoms with Crippen LogP contribution in [-0.4, -0.2) is 12.1 Å². The molecule has 0 unspecified atom stereocenters. The van der Waals surface area contributed by atoms with Gasteiger partial charge in [-0.05, 0) is 31.1 Å². The molecule has 1 aliphatic rings. The summed E-state index contributed by atoms with van der Waals surface area (Å²) in [6.07, 6.45) is 6.02. The standard InChI is InChI=1S/C12H20O2/c1-12(2)7-5-10(6-8-12)11(14)4-3-9-13/h9-10H,3-8H2,1-2H3. The Bertz CT molecular complexity index is 208. The molecule has 2 heteroatoms. The first kappa shape index (κ1) is 11.4. The molecule has 0 N–H and O–H groups in total. The van der Waals surface area contributed by atoms with E-state index in [1.54, 1.807) is 0 Å². The quantitative estimate of drug-likeness (QED) is 0.648. The van der Waals surface area contributed by atoms with Gasteiger partial charge in [-0.3, -0.25) is 4.79 Å². The van der Waals surface area contributed by atoms with E-state index in [0.717, 1.165) is 32.0 Å². The van der Waals surface area contributed by atoms with E-state index >= 15 is 0 Å². The first-order valence-electron chi connectivity index (χ1n) is 5.51. The predicted octanol–water partition coefficient (Wildman–Crippen LogP) is 2.75. The number of aldehydes is 1. The van der Waals surface area contributed by atoms with Gasteiger partial charge in [-0.25, -0.2) is 0 Å². The zero-order chi connectivity index (χ0) is 10.6. The fraction of sp³-hybridized carbons (Fsp3) is 0.833. The number of ketones is 1. The van der Waals surface area contributed by atoms with E-state index in [9.17, 15) is 9.59 Å². The number of rotatable bonds is 4. The number of carbonyl (C=O) groups excluding carboxylic acids is 2. The summed E-state index contributed by atoms with van der Waals surface area (Å²) >= 11 is 0. The van der Waals surface area contributed by atoms with Gasteiger partial charge in [0.15, 0.2) is 0 Å². The highest BCUT2D eigenvalue weighted by atomic mass is 16.1. The summed E-state index contributed by atoms with van der Waals surface area (Å²) in [6.45, 7) is 4.53. The van der Waals surface area contributed by atoms with Gasteiger partial charge in [-0.2, -0.15) is 0 Å². The van der Waals surface area contributed by atoms with Crippen LogP contribution >= 0.6 is 0 Å². The highest BCUT2D eigenvalue weighted by Crippen LogP contribution is 2.38. The smallest absolute Gasteiger partial charge is 0.136 e. The van der Waals surface area contributed by atoms with Gasteiger partial charge in [0.2, 0.25) is 0 Å². The minimum absolute atomic E-state index is 0.239. The Kier molecular flexibility index (Phi) is 3.85. The van der Waals surface area contributed by atoms with Crippen molar-refractivity contribution in [2.24, 2.45) is 11.3 Å². The van der Waals surface area contributed by atoms with Crippen molar-refractivity contribution in [3.63, 3.8) is 0 Å². The molecular weight excluding hydrogens is 176 g/mol. The van der Waals surface area contributed by atoms with E-state index in [2.05, 4.69) is 13.8 Å². The lowest BCUT2D eigenvalue weighted by Gasteiger charge is -2.33. The number of hydrogen-bond donors (Lipinski definition) is 0. The summed E-state index contributed by atoms with van der Waals surface area (Å²) < 4.78 is 0. The first-order chi connectivity index (χ1) is 6.55. The fourth-order valence-electron chi connectivity index (χ4n) is 2.13. The van der Waals surface area contributed by atoms with E-state index in [0.29, 0.717) is 24.0 Å². The topological polar surface area (TPSA) is 34.1 Å². The van der Waals surface area contributed by atoms with Crippen molar-refractivity contribution in [2.45, 2.75) is 52.4 Å². The molecule has 2 nitrogen and oxygen atoms in total. The molecule has 0 aromatic rings. The van der Waals surface area contributed by atoms with Crippen LogP contribution in [-0.2, 0) is 9.59 Å². The van der Waals surface area contributed by atoms with Crippen LogP contribution in [0.5, 0.6) is 0 Å². The van der Waals surface area contributed by atoms with Gasteiger partial charge in [0.05, 0.1) is 0 Å². The normalized spacial score (nSPS) is 21.9. The lowest BCUT2D eigenvalue weighted by atomic mass is 9.71. The molecule has 0 amide bonds. The van der Waals surface area contributed by atoms with Crippen LogP contribution in [0.25, 0.3) is 0 Å². The highest BCUT2D eigenvalue weighted by molar-refractivity contribution is 5.82. The van der Waals surface area contributed by atoms with Crippen molar-refractivity contribution in [3.05, 3.63) is 0 Å². The molecule has 0 aromatic carbocycles. The third-order valence-electron chi connectivity index (χ3n) is 3.30. The lowest BCUT2D eigenvalue weighted by Crippen LogP contribution is -2.26. The van der Waals surface area contributed by atoms with Crippen molar-refractivity contribution in [1.29, 1.82) is 0 Å². The molecule has 1 aliphatic carbocycles. The molecule has 1 fully saturated rings. The molecule has 0 aliphatic heterocycles. The molecule has 1 rings (SSSR count). The van der Waals surface area contributed by atoms with Crippen LogP contribution in [0.4, 0.5) is 0 Å². The Morgan fingerprint density at radius 1 is 1.36 bits per heavy atom. The average Bonchev–Trinajstić information content (AvgIpc) is 2.14. The SMILES string of the molecule is CC1(C)CCC(C(=O)CCC=O)CC1. The van der Waals surface area contributed by atoms with Gasteiger partial charge in [0, 0.05) is 18.8 Å². The van der Waals surface area contributed by atoms with Crippen molar-refractivity contribution >= 4 is 12.1 Å². The molecule has 0 radical (unpaired) electrons. The van der Waals surface area contributed by atoms with Crippen molar-refractivity contribution in [2.75, 3.05) is 0 Å². The van der Waals surface area contributed by atoms with Gasteiger partial charge in [-0.1, -0.05) is 13.8 Å². The maximum atomic E-state index is 11.6. The second-order valence-electron chi connectivity index (χ2n) is 5.11.